The summed E-state index contributed by atoms with van der Waals surface area (Å²) in [5.74, 6) is -1.00. The minimum atomic E-state index is -0.463. The largest absolute Gasteiger partial charge is 0.321 e. The molecule has 0 bridgehead atoms. The highest BCUT2D eigenvalue weighted by molar-refractivity contribution is 8.00. The number of aryl methyl sites for hydroxylation is 2. The van der Waals surface area contributed by atoms with Gasteiger partial charge in [0.1, 0.15) is 5.70 Å². The molecule has 9 heteroatoms. The highest BCUT2D eigenvalue weighted by Crippen LogP contribution is 2.27. The van der Waals surface area contributed by atoms with Crippen molar-refractivity contribution in [2.24, 2.45) is 0 Å². The van der Waals surface area contributed by atoms with Crippen molar-refractivity contribution < 1.29 is 14.4 Å². The van der Waals surface area contributed by atoms with Gasteiger partial charge >= 0.3 is 0 Å². The SMILES string of the molecule is Cc1csc(NC(=O)C(C)Sc2cccc(NC(=O)/C(=C/c3ccccc3C)NC(=O)c3ccccc3)c2)n1. The molecule has 4 rings (SSSR count). The van der Waals surface area contributed by atoms with Crippen LogP contribution in [0, 0.1) is 13.8 Å². The van der Waals surface area contributed by atoms with Crippen LogP contribution in [0.5, 0.6) is 0 Å². The molecule has 3 amide bonds. The lowest BCUT2D eigenvalue weighted by atomic mass is 10.1. The van der Waals surface area contributed by atoms with Gasteiger partial charge in [-0.25, -0.2) is 4.98 Å². The van der Waals surface area contributed by atoms with Gasteiger partial charge in [-0.1, -0.05) is 48.5 Å². The summed E-state index contributed by atoms with van der Waals surface area (Å²) in [5.41, 5.74) is 3.74. The second kappa shape index (κ2) is 13.0. The summed E-state index contributed by atoms with van der Waals surface area (Å²) in [7, 11) is 0. The molecule has 1 aromatic heterocycles. The van der Waals surface area contributed by atoms with Crippen LogP contribution in [0.2, 0.25) is 0 Å². The van der Waals surface area contributed by atoms with Crippen LogP contribution in [0.15, 0.2) is 94.8 Å². The topological polar surface area (TPSA) is 100 Å². The first-order chi connectivity index (χ1) is 18.8. The third-order valence-electron chi connectivity index (χ3n) is 5.64. The number of benzene rings is 3. The Morgan fingerprint density at radius 2 is 1.67 bits per heavy atom. The summed E-state index contributed by atoms with van der Waals surface area (Å²) in [6.45, 7) is 5.63. The fourth-order valence-corrected chi connectivity index (χ4v) is 5.19. The Kier molecular flexibility index (Phi) is 9.30. The Morgan fingerprint density at radius 1 is 0.923 bits per heavy atom. The molecule has 1 heterocycles. The standard InChI is InChI=1S/C30H28N4O3S2/c1-19-10-7-8-13-23(19)16-26(33-28(36)22-11-5-4-6-12-22)29(37)32-24-14-9-15-25(17-24)39-21(3)27(35)34-30-31-20(2)18-38-30/h4-18,21H,1-3H3,(H,32,37)(H,33,36)(H,31,34,35)/b26-16-. The number of anilines is 2. The van der Waals surface area contributed by atoms with Gasteiger partial charge in [0.2, 0.25) is 5.91 Å². The Morgan fingerprint density at radius 3 is 2.38 bits per heavy atom. The van der Waals surface area contributed by atoms with Crippen LogP contribution in [-0.4, -0.2) is 28.0 Å². The number of thiazole rings is 1. The molecule has 4 aromatic rings. The first-order valence-corrected chi connectivity index (χ1v) is 14.0. The average Bonchev–Trinajstić information content (AvgIpc) is 3.34. The van der Waals surface area contributed by atoms with Crippen molar-refractivity contribution in [3.8, 4) is 0 Å². The van der Waals surface area contributed by atoms with Gasteiger partial charge in [0, 0.05) is 21.5 Å². The molecule has 0 saturated heterocycles. The van der Waals surface area contributed by atoms with Crippen molar-refractivity contribution in [2.45, 2.75) is 30.9 Å². The van der Waals surface area contributed by atoms with Gasteiger partial charge < -0.3 is 16.0 Å². The van der Waals surface area contributed by atoms with E-state index in [9.17, 15) is 14.4 Å². The van der Waals surface area contributed by atoms with Gasteiger partial charge in [-0.2, -0.15) is 0 Å². The van der Waals surface area contributed by atoms with Gasteiger partial charge in [-0.05, 0) is 68.3 Å². The second-order valence-electron chi connectivity index (χ2n) is 8.76. The first-order valence-electron chi connectivity index (χ1n) is 12.2. The number of aromatic nitrogens is 1. The van der Waals surface area contributed by atoms with Crippen molar-refractivity contribution in [1.82, 2.24) is 10.3 Å². The maximum Gasteiger partial charge on any atom is 0.272 e. The summed E-state index contributed by atoms with van der Waals surface area (Å²) in [4.78, 5) is 44.0. The molecule has 3 aromatic carbocycles. The lowest BCUT2D eigenvalue weighted by Gasteiger charge is -2.14. The van der Waals surface area contributed by atoms with Crippen LogP contribution < -0.4 is 16.0 Å². The monoisotopic (exact) mass is 556 g/mol. The molecule has 1 atom stereocenters. The predicted molar refractivity (Wildman–Crippen MR) is 159 cm³/mol. The van der Waals surface area contributed by atoms with E-state index in [2.05, 4.69) is 20.9 Å². The van der Waals surface area contributed by atoms with Gasteiger partial charge in [-0.3, -0.25) is 14.4 Å². The molecule has 1 unspecified atom stereocenters. The number of hydrogen-bond acceptors (Lipinski definition) is 6. The number of nitrogens with zero attached hydrogens (tertiary/aromatic N) is 1. The lowest BCUT2D eigenvalue weighted by molar-refractivity contribution is -0.115. The summed E-state index contributed by atoms with van der Waals surface area (Å²) in [6.07, 6.45) is 1.66. The molecule has 0 aliphatic rings. The van der Waals surface area contributed by atoms with Crippen LogP contribution >= 0.6 is 23.1 Å². The summed E-state index contributed by atoms with van der Waals surface area (Å²) in [5, 5.41) is 10.5. The van der Waals surface area contributed by atoms with Crippen LogP contribution in [-0.2, 0) is 9.59 Å². The molecule has 0 aliphatic heterocycles. The van der Waals surface area contributed by atoms with Crippen LogP contribution in [0.4, 0.5) is 10.8 Å². The number of amides is 3. The van der Waals surface area contributed by atoms with E-state index in [0.717, 1.165) is 21.7 Å². The van der Waals surface area contributed by atoms with Crippen LogP contribution in [0.25, 0.3) is 6.08 Å². The summed E-state index contributed by atoms with van der Waals surface area (Å²) < 4.78 is 0. The lowest BCUT2D eigenvalue weighted by Crippen LogP contribution is -2.30. The predicted octanol–water partition coefficient (Wildman–Crippen LogP) is 6.29. The molecule has 0 saturated carbocycles. The van der Waals surface area contributed by atoms with Crippen molar-refractivity contribution >= 4 is 57.7 Å². The molecule has 7 nitrogen and oxygen atoms in total. The van der Waals surface area contributed by atoms with Gasteiger partial charge in [-0.15, -0.1) is 23.1 Å². The van der Waals surface area contributed by atoms with Gasteiger partial charge in [0.25, 0.3) is 11.8 Å². The van der Waals surface area contributed by atoms with Crippen molar-refractivity contribution in [2.75, 3.05) is 10.6 Å². The molecule has 0 aliphatic carbocycles. The molecule has 39 heavy (non-hydrogen) atoms. The van der Waals surface area contributed by atoms with Gasteiger partial charge in [0.05, 0.1) is 10.9 Å². The zero-order valence-electron chi connectivity index (χ0n) is 21.7. The van der Waals surface area contributed by atoms with Gasteiger partial charge in [0.15, 0.2) is 5.13 Å². The summed E-state index contributed by atoms with van der Waals surface area (Å²) >= 11 is 2.75. The molecule has 0 spiro atoms. The Hall–Kier alpha value is -4.21. The number of carbonyl (C=O) groups is 3. The third-order valence-corrected chi connectivity index (χ3v) is 7.61. The minimum Gasteiger partial charge on any atom is -0.321 e. The smallest absolute Gasteiger partial charge is 0.272 e. The zero-order chi connectivity index (χ0) is 27.8. The van der Waals surface area contributed by atoms with Crippen molar-refractivity contribution in [3.05, 3.63) is 112 Å². The summed E-state index contributed by atoms with van der Waals surface area (Å²) in [6, 6.07) is 23.6. The first kappa shape index (κ1) is 27.8. The number of thioether (sulfide) groups is 1. The molecular weight excluding hydrogens is 528 g/mol. The third kappa shape index (κ3) is 7.89. The number of rotatable bonds is 9. The van der Waals surface area contributed by atoms with Crippen LogP contribution in [0.3, 0.4) is 0 Å². The Labute approximate surface area is 235 Å². The zero-order valence-corrected chi connectivity index (χ0v) is 23.4. The second-order valence-corrected chi connectivity index (χ2v) is 11.0. The van der Waals surface area contributed by atoms with E-state index in [1.807, 2.05) is 62.5 Å². The fraction of sp³-hybridized carbons (Fsp3) is 0.133. The highest BCUT2D eigenvalue weighted by Gasteiger charge is 2.18. The van der Waals surface area contributed by atoms with E-state index in [0.29, 0.717) is 16.4 Å². The number of nitrogens with one attached hydrogen (secondary N) is 3. The van der Waals surface area contributed by atoms with E-state index in [1.54, 1.807) is 48.5 Å². The van der Waals surface area contributed by atoms with E-state index in [-0.39, 0.29) is 22.8 Å². The van der Waals surface area contributed by atoms with E-state index < -0.39 is 5.91 Å². The average molecular weight is 557 g/mol. The number of hydrogen-bond donors (Lipinski definition) is 3. The van der Waals surface area contributed by atoms with E-state index in [1.165, 1.54) is 23.1 Å². The van der Waals surface area contributed by atoms with E-state index >= 15 is 0 Å². The molecule has 3 N–H and O–H groups in total. The van der Waals surface area contributed by atoms with Crippen molar-refractivity contribution in [1.29, 1.82) is 0 Å². The maximum absolute atomic E-state index is 13.4. The fourth-order valence-electron chi connectivity index (χ4n) is 3.57. The number of carbonyl (C=O) groups excluding carboxylic acids is 3. The molecule has 0 radical (unpaired) electrons. The Bertz CT molecular complexity index is 1520. The van der Waals surface area contributed by atoms with Crippen molar-refractivity contribution in [3.63, 3.8) is 0 Å². The highest BCUT2D eigenvalue weighted by atomic mass is 32.2. The molecule has 198 valence electrons. The molecule has 0 fully saturated rings. The quantitative estimate of drug-likeness (QED) is 0.166. The van der Waals surface area contributed by atoms with Crippen LogP contribution in [0.1, 0.15) is 34.1 Å². The Balaban J connectivity index is 1.49. The minimum absolute atomic E-state index is 0.114. The maximum atomic E-state index is 13.4. The normalized spacial score (nSPS) is 11.9. The molecular formula is C30H28N4O3S2. The van der Waals surface area contributed by atoms with E-state index in [4.69, 9.17) is 0 Å².